The number of benzene rings is 8. The molecule has 12 rings (SSSR count). The van der Waals surface area contributed by atoms with E-state index in [1.54, 1.807) is 0 Å². The van der Waals surface area contributed by atoms with Crippen LogP contribution in [0.25, 0.3) is 111 Å². The molecule has 0 unspecified atom stereocenters. The topological polar surface area (TPSA) is 85.5 Å². The lowest BCUT2D eigenvalue weighted by Gasteiger charge is -2.12. The van der Waals surface area contributed by atoms with Gasteiger partial charge in [0.05, 0.1) is 33.3 Å². The van der Waals surface area contributed by atoms with Gasteiger partial charge in [-0.3, -0.25) is 0 Å². The molecule has 0 aliphatic heterocycles. The number of furan rings is 1. The summed E-state index contributed by atoms with van der Waals surface area (Å²) < 4.78 is 11.5. The van der Waals surface area contributed by atoms with Crippen molar-refractivity contribution < 1.29 is 4.42 Å². The third-order valence-corrected chi connectivity index (χ3v) is 11.4. The van der Waals surface area contributed by atoms with E-state index in [9.17, 15) is 5.26 Å². The minimum absolute atomic E-state index is 0.482. The normalized spacial score (nSPS) is 11.7. The number of hydrogen-bond acceptors (Lipinski definition) is 5. The molecule has 7 nitrogen and oxygen atoms in total. The van der Waals surface area contributed by atoms with Crippen molar-refractivity contribution in [1.82, 2.24) is 24.1 Å². The second kappa shape index (κ2) is 12.8. The Bertz CT molecular complexity index is 3610. The van der Waals surface area contributed by atoms with Crippen LogP contribution in [-0.2, 0) is 0 Å². The molecule has 0 amide bonds. The summed E-state index contributed by atoms with van der Waals surface area (Å²) in [5.74, 6) is 1.61. The van der Waals surface area contributed by atoms with Crippen molar-refractivity contribution in [3.8, 4) is 51.6 Å². The predicted octanol–water partition coefficient (Wildman–Crippen LogP) is 12.8. The van der Waals surface area contributed by atoms with Gasteiger partial charge >= 0.3 is 0 Å². The highest BCUT2D eigenvalue weighted by atomic mass is 16.3. The van der Waals surface area contributed by atoms with Gasteiger partial charge in [-0.25, -0.2) is 15.0 Å². The maximum Gasteiger partial charge on any atom is 0.164 e. The van der Waals surface area contributed by atoms with Gasteiger partial charge in [-0.05, 0) is 54.6 Å². The van der Waals surface area contributed by atoms with Crippen molar-refractivity contribution in [3.63, 3.8) is 0 Å². The maximum atomic E-state index is 10.9. The van der Waals surface area contributed by atoms with Gasteiger partial charge in [-0.2, -0.15) is 5.26 Å². The second-order valence-corrected chi connectivity index (χ2v) is 14.7. The van der Waals surface area contributed by atoms with Crippen LogP contribution in [-0.4, -0.2) is 24.1 Å². The number of nitrogens with zero attached hydrogens (tertiary/aromatic N) is 6. The number of para-hydroxylation sites is 3. The number of rotatable bonds is 5. The standard InChI is InChI=1S/C52H30N6O/c53-31-35-28-34(52-55-50(32-14-4-1-5-15-32)54-51(56-52)33-16-6-2-7-17-33)24-27-43(35)58-45-23-13-10-20-37(45)39-25-26-40-42-29-41-38-21-11-12-22-44(38)57(36-18-8-3-9-19-36)46(41)30-47(42)59-49(40)48(39)58/h1-30H. The van der Waals surface area contributed by atoms with Crippen LogP contribution in [0.3, 0.4) is 0 Å². The summed E-state index contributed by atoms with van der Waals surface area (Å²) in [6.45, 7) is 0. The Morgan fingerprint density at radius 2 is 0.983 bits per heavy atom. The third kappa shape index (κ3) is 5.04. The van der Waals surface area contributed by atoms with E-state index in [2.05, 4.69) is 106 Å². The molecule has 0 atom stereocenters. The fourth-order valence-electron chi connectivity index (χ4n) is 8.75. The van der Waals surface area contributed by atoms with Crippen LogP contribution in [0.5, 0.6) is 0 Å². The van der Waals surface area contributed by atoms with Crippen LogP contribution in [0.4, 0.5) is 0 Å². The van der Waals surface area contributed by atoms with Crippen LogP contribution in [0.1, 0.15) is 5.56 Å². The van der Waals surface area contributed by atoms with E-state index in [0.29, 0.717) is 23.0 Å². The zero-order chi connectivity index (χ0) is 39.0. The summed E-state index contributed by atoms with van der Waals surface area (Å²) in [6.07, 6.45) is 0. The van der Waals surface area contributed by atoms with E-state index in [0.717, 1.165) is 88.2 Å². The molecule has 0 radical (unpaired) electrons. The molecule has 0 fully saturated rings. The first-order chi connectivity index (χ1) is 29.2. The Kier molecular flexibility index (Phi) is 7.16. The first kappa shape index (κ1) is 32.9. The van der Waals surface area contributed by atoms with Gasteiger partial charge in [0.1, 0.15) is 11.7 Å². The zero-order valence-corrected chi connectivity index (χ0v) is 31.4. The summed E-state index contributed by atoms with van der Waals surface area (Å²) in [6, 6.07) is 64.3. The summed E-state index contributed by atoms with van der Waals surface area (Å²) in [5.41, 5.74) is 10.5. The first-order valence-electron chi connectivity index (χ1n) is 19.5. The lowest BCUT2D eigenvalue weighted by atomic mass is 10.1. The summed E-state index contributed by atoms with van der Waals surface area (Å²) in [4.78, 5) is 14.7. The first-order valence-corrected chi connectivity index (χ1v) is 19.5. The van der Waals surface area contributed by atoms with E-state index >= 15 is 0 Å². The van der Waals surface area contributed by atoms with Gasteiger partial charge in [-0.1, -0.05) is 121 Å². The molecule has 0 saturated carbocycles. The minimum Gasteiger partial charge on any atom is -0.454 e. The molecule has 8 aromatic carbocycles. The van der Waals surface area contributed by atoms with Crippen molar-refractivity contribution >= 4 is 65.6 Å². The predicted molar refractivity (Wildman–Crippen MR) is 237 cm³/mol. The van der Waals surface area contributed by atoms with Crippen molar-refractivity contribution in [2.75, 3.05) is 0 Å². The van der Waals surface area contributed by atoms with Crippen molar-refractivity contribution in [1.29, 1.82) is 5.26 Å². The third-order valence-electron chi connectivity index (χ3n) is 11.4. The average molecular weight is 755 g/mol. The Morgan fingerprint density at radius 3 is 1.64 bits per heavy atom. The molecule has 0 aliphatic carbocycles. The van der Waals surface area contributed by atoms with Crippen LogP contribution in [0, 0.1) is 11.3 Å². The van der Waals surface area contributed by atoms with Gasteiger partial charge in [0.25, 0.3) is 0 Å². The molecule has 4 heterocycles. The smallest absolute Gasteiger partial charge is 0.164 e. The molecule has 0 spiro atoms. The minimum atomic E-state index is 0.482. The Morgan fingerprint density at radius 1 is 0.424 bits per heavy atom. The number of fused-ring (bicyclic) bond motifs is 10. The van der Waals surface area contributed by atoms with Gasteiger partial charge in [0, 0.05) is 60.8 Å². The summed E-state index contributed by atoms with van der Waals surface area (Å²) in [7, 11) is 0. The Balaban J connectivity index is 1.09. The highest BCUT2D eigenvalue weighted by Gasteiger charge is 2.23. The molecule has 59 heavy (non-hydrogen) atoms. The van der Waals surface area contributed by atoms with Crippen molar-refractivity contribution in [2.45, 2.75) is 0 Å². The van der Waals surface area contributed by atoms with E-state index in [1.807, 2.05) is 91.0 Å². The largest absolute Gasteiger partial charge is 0.454 e. The highest BCUT2D eigenvalue weighted by molar-refractivity contribution is 6.24. The molecule has 0 bridgehead atoms. The SMILES string of the molecule is N#Cc1cc(-c2nc(-c3ccccc3)nc(-c3ccccc3)n2)ccc1-n1c2ccccc2c2ccc3c4cc5c6ccccc6n(-c6ccccc6)c5cc4oc3c21. The van der Waals surface area contributed by atoms with E-state index in [-0.39, 0.29) is 0 Å². The fourth-order valence-corrected chi connectivity index (χ4v) is 8.75. The van der Waals surface area contributed by atoms with Gasteiger partial charge < -0.3 is 13.6 Å². The quantitative estimate of drug-likeness (QED) is 0.175. The number of aromatic nitrogens is 5. The molecule has 0 N–H and O–H groups in total. The van der Waals surface area contributed by atoms with Gasteiger partial charge in [0.2, 0.25) is 0 Å². The van der Waals surface area contributed by atoms with Crippen LogP contribution >= 0.6 is 0 Å². The lowest BCUT2D eigenvalue weighted by molar-refractivity contribution is 0.671. The van der Waals surface area contributed by atoms with Crippen molar-refractivity contribution in [3.05, 3.63) is 188 Å². The van der Waals surface area contributed by atoms with Crippen LogP contribution < -0.4 is 0 Å². The zero-order valence-electron chi connectivity index (χ0n) is 31.4. The molecular weight excluding hydrogens is 725 g/mol. The van der Waals surface area contributed by atoms with Gasteiger partial charge in [-0.15, -0.1) is 0 Å². The fraction of sp³-hybridized carbons (Fsp3) is 0. The number of hydrogen-bond donors (Lipinski definition) is 0. The van der Waals surface area contributed by atoms with E-state index in [1.165, 1.54) is 5.39 Å². The average Bonchev–Trinajstić information content (AvgIpc) is 3.96. The number of nitriles is 1. The van der Waals surface area contributed by atoms with E-state index < -0.39 is 0 Å². The van der Waals surface area contributed by atoms with Crippen molar-refractivity contribution in [2.24, 2.45) is 0 Å². The molecule has 4 aromatic heterocycles. The maximum absolute atomic E-state index is 10.9. The van der Waals surface area contributed by atoms with E-state index in [4.69, 9.17) is 19.4 Å². The Labute approximate surface area is 337 Å². The second-order valence-electron chi connectivity index (χ2n) is 14.7. The Hall–Kier alpha value is -8.34. The molecule has 0 aliphatic rings. The lowest BCUT2D eigenvalue weighted by Crippen LogP contribution is -2.02. The highest BCUT2D eigenvalue weighted by Crippen LogP contribution is 2.43. The molecule has 0 saturated heterocycles. The monoisotopic (exact) mass is 754 g/mol. The molecule has 12 aromatic rings. The molecule has 274 valence electrons. The van der Waals surface area contributed by atoms with Crippen LogP contribution in [0.2, 0.25) is 0 Å². The van der Waals surface area contributed by atoms with Crippen LogP contribution in [0.15, 0.2) is 186 Å². The summed E-state index contributed by atoms with van der Waals surface area (Å²) in [5, 5.41) is 17.4. The molecule has 7 heteroatoms. The van der Waals surface area contributed by atoms with Gasteiger partial charge in [0.15, 0.2) is 23.1 Å². The molecular formula is C52H30N6O. The summed E-state index contributed by atoms with van der Waals surface area (Å²) >= 11 is 0.